The molecule has 2 nitrogen and oxygen atoms in total. The van der Waals surface area contributed by atoms with Crippen molar-refractivity contribution < 1.29 is 13.2 Å². The number of rotatable bonds is 3. The van der Waals surface area contributed by atoms with Gasteiger partial charge in [0.15, 0.2) is 0 Å². The monoisotopic (exact) mass is 360 g/mol. The van der Waals surface area contributed by atoms with Gasteiger partial charge >= 0.3 is 6.18 Å². The van der Waals surface area contributed by atoms with Crippen molar-refractivity contribution in [2.24, 2.45) is 0 Å². The van der Waals surface area contributed by atoms with E-state index < -0.39 is 11.7 Å². The number of nitrogens with one attached hydrogen (secondary N) is 1. The number of hydrogen-bond acceptors (Lipinski definition) is 3. The number of alkyl halides is 3. The van der Waals surface area contributed by atoms with Gasteiger partial charge in [0.1, 0.15) is 10.9 Å². The highest BCUT2D eigenvalue weighted by Gasteiger charge is 2.33. The zero-order valence-corrected chi connectivity index (χ0v) is 12.4. The number of hydrogen-bond donors (Lipinski definition) is 1. The van der Waals surface area contributed by atoms with Crippen LogP contribution in [0.5, 0.6) is 0 Å². The quantitative estimate of drug-likeness (QED) is 0.834. The lowest BCUT2D eigenvalue weighted by molar-refractivity contribution is -0.138. The molecule has 2 aromatic rings. The fourth-order valence-corrected chi connectivity index (χ4v) is 2.79. The Labute approximate surface area is 126 Å². The van der Waals surface area contributed by atoms with Crippen LogP contribution in [0.1, 0.15) is 15.3 Å². The van der Waals surface area contributed by atoms with Crippen LogP contribution < -0.4 is 5.32 Å². The maximum Gasteiger partial charge on any atom is 0.417 e. The van der Waals surface area contributed by atoms with E-state index in [-0.39, 0.29) is 4.47 Å². The van der Waals surface area contributed by atoms with E-state index in [1.54, 1.807) is 18.2 Å². The third-order valence-corrected chi connectivity index (χ3v) is 4.19. The van der Waals surface area contributed by atoms with Crippen LogP contribution in [0.3, 0.4) is 0 Å². The molecule has 104 valence electrons. The van der Waals surface area contributed by atoms with Gasteiger partial charge in [-0.3, -0.25) is 0 Å². The highest BCUT2D eigenvalue weighted by atomic mass is 79.9. The van der Waals surface area contributed by atoms with Crippen molar-refractivity contribution in [2.75, 3.05) is 5.32 Å². The summed E-state index contributed by atoms with van der Waals surface area (Å²) in [6.07, 6.45) is -4.40. The molecule has 1 aromatic carbocycles. The van der Waals surface area contributed by atoms with Crippen LogP contribution in [0.2, 0.25) is 0 Å². The van der Waals surface area contributed by atoms with Crippen molar-refractivity contribution >= 4 is 33.0 Å². The topological polar surface area (TPSA) is 35.8 Å². The molecule has 0 saturated heterocycles. The number of nitriles is 1. The predicted octanol–water partition coefficient (Wildman–Crippen LogP) is 5.01. The van der Waals surface area contributed by atoms with E-state index >= 15 is 0 Å². The minimum absolute atomic E-state index is 0.0124. The SMILES string of the molecule is N#Cc1ccc(CNc2ccc(Br)c(C(F)(F)F)c2)s1. The van der Waals surface area contributed by atoms with E-state index in [2.05, 4.69) is 21.2 Å². The number of halogens is 4. The van der Waals surface area contributed by atoms with Gasteiger partial charge < -0.3 is 5.32 Å². The molecule has 0 aliphatic heterocycles. The van der Waals surface area contributed by atoms with Crippen LogP contribution in [0.25, 0.3) is 0 Å². The number of nitrogens with zero attached hydrogens (tertiary/aromatic N) is 1. The van der Waals surface area contributed by atoms with E-state index in [0.717, 1.165) is 10.9 Å². The van der Waals surface area contributed by atoms with E-state index in [4.69, 9.17) is 5.26 Å². The van der Waals surface area contributed by atoms with Crippen molar-refractivity contribution in [3.63, 3.8) is 0 Å². The number of anilines is 1. The highest BCUT2D eigenvalue weighted by molar-refractivity contribution is 9.10. The van der Waals surface area contributed by atoms with Crippen molar-refractivity contribution in [2.45, 2.75) is 12.7 Å². The summed E-state index contributed by atoms with van der Waals surface area (Å²) < 4.78 is 38.3. The molecule has 0 aliphatic carbocycles. The van der Waals surface area contributed by atoms with Gasteiger partial charge in [0.2, 0.25) is 0 Å². The average Bonchev–Trinajstić information content (AvgIpc) is 2.84. The highest BCUT2D eigenvalue weighted by Crippen LogP contribution is 2.36. The summed E-state index contributed by atoms with van der Waals surface area (Å²) in [5, 5.41) is 11.6. The number of thiophene rings is 1. The maximum absolute atomic E-state index is 12.7. The van der Waals surface area contributed by atoms with Gasteiger partial charge in [-0.15, -0.1) is 11.3 Å². The second-order valence-corrected chi connectivity index (χ2v) is 5.95. The Bertz CT molecular complexity index is 658. The Hall–Kier alpha value is -1.52. The third-order valence-electron chi connectivity index (χ3n) is 2.51. The summed E-state index contributed by atoms with van der Waals surface area (Å²) in [6, 6.07) is 9.47. The first-order valence-corrected chi connectivity index (χ1v) is 7.10. The molecule has 0 unspecified atom stereocenters. The van der Waals surface area contributed by atoms with Gasteiger partial charge in [0.25, 0.3) is 0 Å². The zero-order chi connectivity index (χ0) is 14.8. The van der Waals surface area contributed by atoms with Crippen molar-refractivity contribution in [3.8, 4) is 6.07 Å². The minimum atomic E-state index is -4.40. The van der Waals surface area contributed by atoms with Crippen LogP contribution in [-0.4, -0.2) is 0 Å². The van der Waals surface area contributed by atoms with Crippen LogP contribution in [0.4, 0.5) is 18.9 Å². The van der Waals surface area contributed by atoms with Crippen molar-refractivity contribution in [1.29, 1.82) is 5.26 Å². The molecule has 0 aliphatic rings. The summed E-state index contributed by atoms with van der Waals surface area (Å²) in [4.78, 5) is 1.46. The Balaban J connectivity index is 2.12. The molecule has 0 spiro atoms. The molecule has 20 heavy (non-hydrogen) atoms. The van der Waals surface area contributed by atoms with E-state index in [9.17, 15) is 13.2 Å². The fraction of sp³-hybridized carbons (Fsp3) is 0.154. The van der Waals surface area contributed by atoms with Crippen LogP contribution in [0.15, 0.2) is 34.8 Å². The van der Waals surface area contributed by atoms with Gasteiger partial charge in [-0.05, 0) is 30.3 Å². The second-order valence-electron chi connectivity index (χ2n) is 3.92. The Kier molecular flexibility index (Phi) is 4.35. The summed E-state index contributed by atoms with van der Waals surface area (Å²) >= 11 is 4.20. The van der Waals surface area contributed by atoms with Gasteiger partial charge in [0.05, 0.1) is 5.56 Å². The molecule has 0 amide bonds. The Morgan fingerprint density at radius 1 is 1.25 bits per heavy atom. The largest absolute Gasteiger partial charge is 0.417 e. The lowest BCUT2D eigenvalue weighted by Crippen LogP contribution is -2.07. The van der Waals surface area contributed by atoms with Crippen molar-refractivity contribution in [1.82, 2.24) is 0 Å². The normalized spacial score (nSPS) is 11.2. The van der Waals surface area contributed by atoms with Crippen LogP contribution in [-0.2, 0) is 12.7 Å². The van der Waals surface area contributed by atoms with Gasteiger partial charge in [-0.25, -0.2) is 0 Å². The molecule has 0 radical (unpaired) electrons. The lowest BCUT2D eigenvalue weighted by Gasteiger charge is -2.12. The average molecular weight is 361 g/mol. The first kappa shape index (κ1) is 14.9. The molecular formula is C13H8BrF3N2S. The van der Waals surface area contributed by atoms with Crippen LogP contribution >= 0.6 is 27.3 Å². The summed E-state index contributed by atoms with van der Waals surface area (Å²) in [5.41, 5.74) is -0.334. The molecule has 0 bridgehead atoms. The molecule has 1 aromatic heterocycles. The van der Waals surface area contributed by atoms with Gasteiger partial charge in [0, 0.05) is 21.6 Å². The maximum atomic E-state index is 12.7. The molecule has 2 rings (SSSR count). The summed E-state index contributed by atoms with van der Waals surface area (Å²) in [5.74, 6) is 0. The smallest absolute Gasteiger partial charge is 0.380 e. The van der Waals surface area contributed by atoms with E-state index in [1.165, 1.54) is 17.4 Å². The first-order chi connectivity index (χ1) is 9.40. The van der Waals surface area contributed by atoms with E-state index in [1.807, 2.05) is 6.07 Å². The molecule has 1 heterocycles. The van der Waals surface area contributed by atoms with Crippen LogP contribution in [0, 0.1) is 11.3 Å². The Morgan fingerprint density at radius 2 is 2.00 bits per heavy atom. The van der Waals surface area contributed by atoms with Crippen molar-refractivity contribution in [3.05, 3.63) is 50.1 Å². The molecular weight excluding hydrogens is 353 g/mol. The fourth-order valence-electron chi connectivity index (χ4n) is 1.57. The zero-order valence-electron chi connectivity index (χ0n) is 9.96. The Morgan fingerprint density at radius 3 is 2.60 bits per heavy atom. The lowest BCUT2D eigenvalue weighted by atomic mass is 10.2. The predicted molar refractivity (Wildman–Crippen MR) is 75.5 cm³/mol. The molecule has 0 atom stereocenters. The van der Waals surface area contributed by atoms with E-state index in [0.29, 0.717) is 17.1 Å². The molecule has 0 saturated carbocycles. The molecule has 1 N–H and O–H groups in total. The van der Waals surface area contributed by atoms with Gasteiger partial charge in [-0.1, -0.05) is 15.9 Å². The standard InChI is InChI=1S/C13H8BrF3N2S/c14-12-4-1-8(5-11(12)13(15,16)17)19-7-10-3-2-9(6-18)20-10/h1-5,19H,7H2. The first-order valence-electron chi connectivity index (χ1n) is 5.49. The molecule has 7 heteroatoms. The second kappa shape index (κ2) is 5.85. The summed E-state index contributed by atoms with van der Waals surface area (Å²) in [7, 11) is 0. The minimum Gasteiger partial charge on any atom is -0.380 e. The number of benzene rings is 1. The molecule has 0 fully saturated rings. The summed E-state index contributed by atoms with van der Waals surface area (Å²) in [6.45, 7) is 0.380. The third kappa shape index (κ3) is 3.52. The van der Waals surface area contributed by atoms with Gasteiger partial charge in [-0.2, -0.15) is 18.4 Å².